The van der Waals surface area contributed by atoms with Gasteiger partial charge in [-0.25, -0.2) is 0 Å². The molecule has 184 valence electrons. The molecular weight excluding hydrogens is 522 g/mol. The molecule has 1 saturated heterocycles. The minimum Gasteiger partial charge on any atom is -0.459 e. The second-order valence-corrected chi connectivity index (χ2v) is 11.2. The number of para-hydroxylation sites is 1. The number of hydrogen-bond acceptors (Lipinski definition) is 5. The third kappa shape index (κ3) is 3.43. The summed E-state index contributed by atoms with van der Waals surface area (Å²) >= 11 is 3.40. The van der Waals surface area contributed by atoms with Crippen molar-refractivity contribution in [3.8, 4) is 0 Å². The maximum absolute atomic E-state index is 14.1. The molecule has 1 amide bonds. The number of anilines is 1. The number of aromatic nitrogens is 1. The highest BCUT2D eigenvalue weighted by Crippen LogP contribution is 2.59. The van der Waals surface area contributed by atoms with Crippen molar-refractivity contribution in [2.45, 2.75) is 49.8 Å². The molecule has 0 radical (unpaired) electrons. The number of H-pyrrole nitrogens is 1. The van der Waals surface area contributed by atoms with E-state index in [4.69, 9.17) is 9.15 Å². The van der Waals surface area contributed by atoms with Gasteiger partial charge in [-0.15, -0.1) is 0 Å². The largest absolute Gasteiger partial charge is 0.459 e. The standard InChI is InChI=1S/C28H26BrN3O4/c1-27(2,3)36-25(33)23-22(20-10-11-21(29)35-20)28(17-6-4-5-7-19(17)31-26(28)34)24(32-23)16-8-9-18-15(14-16)12-13-30-18/h4-14,22-24,30,32H,1-3H3,(H,31,34)/t22-,23+,24-,28-/m1/s1. The fourth-order valence-corrected chi connectivity index (χ4v) is 6.13. The predicted octanol–water partition coefficient (Wildman–Crippen LogP) is 5.55. The summed E-state index contributed by atoms with van der Waals surface area (Å²) in [6, 6.07) is 18.0. The van der Waals surface area contributed by atoms with Gasteiger partial charge in [0.1, 0.15) is 22.8 Å². The molecule has 1 fully saturated rings. The third-order valence-electron chi connectivity index (χ3n) is 7.09. The lowest BCUT2D eigenvalue weighted by atomic mass is 9.65. The topological polar surface area (TPSA) is 96.4 Å². The van der Waals surface area contributed by atoms with E-state index >= 15 is 0 Å². The van der Waals surface area contributed by atoms with Crippen LogP contribution in [0.4, 0.5) is 5.69 Å². The monoisotopic (exact) mass is 547 g/mol. The molecule has 8 heteroatoms. The first-order chi connectivity index (χ1) is 17.2. The molecule has 2 aliphatic rings. The van der Waals surface area contributed by atoms with Crippen LogP contribution in [0.5, 0.6) is 0 Å². The smallest absolute Gasteiger partial charge is 0.324 e. The Kier molecular flexibility index (Phi) is 5.18. The van der Waals surface area contributed by atoms with Crippen LogP contribution in [0.2, 0.25) is 0 Å². The summed E-state index contributed by atoms with van der Waals surface area (Å²) in [5.74, 6) is -0.739. The Bertz CT molecular complexity index is 1500. The van der Waals surface area contributed by atoms with E-state index in [-0.39, 0.29) is 5.91 Å². The van der Waals surface area contributed by atoms with Crippen molar-refractivity contribution >= 4 is 44.4 Å². The lowest BCUT2D eigenvalue weighted by molar-refractivity contribution is -0.157. The summed E-state index contributed by atoms with van der Waals surface area (Å²) in [6.07, 6.45) is 1.89. The second kappa shape index (κ2) is 8.08. The van der Waals surface area contributed by atoms with Crippen LogP contribution >= 0.6 is 15.9 Å². The first-order valence-electron chi connectivity index (χ1n) is 11.9. The number of nitrogens with one attached hydrogen (secondary N) is 3. The number of fused-ring (bicyclic) bond motifs is 3. The zero-order chi connectivity index (χ0) is 25.2. The Morgan fingerprint density at radius 1 is 1.08 bits per heavy atom. The SMILES string of the molecule is CC(C)(C)OC(=O)[C@H]1N[C@H](c2ccc3[nH]ccc3c2)[C@]2(C(=O)Nc3ccccc32)[C@@H]1c1ccc(Br)o1. The van der Waals surface area contributed by atoms with Crippen LogP contribution in [0.15, 0.2) is 75.9 Å². The predicted molar refractivity (Wildman–Crippen MR) is 140 cm³/mol. The fraction of sp³-hybridized carbons (Fsp3) is 0.286. The van der Waals surface area contributed by atoms with Crippen molar-refractivity contribution in [1.29, 1.82) is 0 Å². The highest BCUT2D eigenvalue weighted by atomic mass is 79.9. The number of aromatic amines is 1. The highest BCUT2D eigenvalue weighted by molar-refractivity contribution is 9.10. The van der Waals surface area contributed by atoms with Gasteiger partial charge in [0.05, 0.1) is 12.0 Å². The molecule has 0 unspecified atom stereocenters. The quantitative estimate of drug-likeness (QED) is 0.292. The van der Waals surface area contributed by atoms with Crippen molar-refractivity contribution in [3.05, 3.63) is 88.4 Å². The first-order valence-corrected chi connectivity index (χ1v) is 12.7. The average molecular weight is 548 g/mol. The Labute approximate surface area is 216 Å². The maximum atomic E-state index is 14.1. The van der Waals surface area contributed by atoms with E-state index in [0.29, 0.717) is 10.4 Å². The third-order valence-corrected chi connectivity index (χ3v) is 7.52. The van der Waals surface area contributed by atoms with E-state index in [1.807, 2.05) is 75.5 Å². The molecule has 7 nitrogen and oxygen atoms in total. The Balaban J connectivity index is 1.61. The molecule has 4 atom stereocenters. The van der Waals surface area contributed by atoms with Crippen molar-refractivity contribution in [3.63, 3.8) is 0 Å². The number of ether oxygens (including phenoxy) is 1. The van der Waals surface area contributed by atoms with Crippen LogP contribution in [0.25, 0.3) is 10.9 Å². The molecule has 0 saturated carbocycles. The van der Waals surface area contributed by atoms with Gasteiger partial charge in [0.25, 0.3) is 0 Å². The van der Waals surface area contributed by atoms with Gasteiger partial charge in [-0.1, -0.05) is 24.3 Å². The molecule has 4 heterocycles. The highest BCUT2D eigenvalue weighted by Gasteiger charge is 2.67. The number of esters is 1. The molecular formula is C28H26BrN3O4. The average Bonchev–Trinajstić information content (AvgIpc) is 3.58. The van der Waals surface area contributed by atoms with Gasteiger partial charge in [-0.3, -0.25) is 14.9 Å². The molecule has 3 N–H and O–H groups in total. The number of carbonyl (C=O) groups excluding carboxylic acids is 2. The Morgan fingerprint density at radius 3 is 2.64 bits per heavy atom. The molecule has 6 rings (SSSR count). The number of benzene rings is 2. The van der Waals surface area contributed by atoms with Crippen molar-refractivity contribution in [1.82, 2.24) is 10.3 Å². The zero-order valence-corrected chi connectivity index (χ0v) is 21.7. The first kappa shape index (κ1) is 23.1. The number of carbonyl (C=O) groups is 2. The Morgan fingerprint density at radius 2 is 1.89 bits per heavy atom. The number of rotatable bonds is 3. The summed E-state index contributed by atoms with van der Waals surface area (Å²) in [6.45, 7) is 5.51. The molecule has 36 heavy (non-hydrogen) atoms. The lowest BCUT2D eigenvalue weighted by Gasteiger charge is -2.34. The van der Waals surface area contributed by atoms with Gasteiger partial charge in [0.2, 0.25) is 5.91 Å². The molecule has 4 aromatic rings. The minimum absolute atomic E-state index is 0.182. The summed E-state index contributed by atoms with van der Waals surface area (Å²) < 4.78 is 12.4. The van der Waals surface area contributed by atoms with E-state index in [9.17, 15) is 9.59 Å². The maximum Gasteiger partial charge on any atom is 0.324 e. The van der Waals surface area contributed by atoms with Gasteiger partial charge in [0.15, 0.2) is 4.67 Å². The molecule has 2 aromatic heterocycles. The van der Waals surface area contributed by atoms with Gasteiger partial charge in [-0.05, 0) is 89.6 Å². The summed E-state index contributed by atoms with van der Waals surface area (Å²) in [4.78, 5) is 31.0. The number of furan rings is 1. The number of amides is 1. The molecule has 1 spiro atoms. The van der Waals surface area contributed by atoms with Gasteiger partial charge in [-0.2, -0.15) is 0 Å². The fourth-order valence-electron chi connectivity index (χ4n) is 5.81. The number of halogens is 1. The van der Waals surface area contributed by atoms with Gasteiger partial charge in [0, 0.05) is 17.4 Å². The molecule has 2 aliphatic heterocycles. The van der Waals surface area contributed by atoms with E-state index in [0.717, 1.165) is 27.7 Å². The van der Waals surface area contributed by atoms with E-state index < -0.39 is 35.0 Å². The van der Waals surface area contributed by atoms with Crippen molar-refractivity contribution < 1.29 is 18.7 Å². The Hall–Kier alpha value is -3.36. The zero-order valence-electron chi connectivity index (χ0n) is 20.1. The molecule has 0 aliphatic carbocycles. The van der Waals surface area contributed by atoms with E-state index in [2.05, 4.69) is 37.6 Å². The summed E-state index contributed by atoms with van der Waals surface area (Å²) in [7, 11) is 0. The van der Waals surface area contributed by atoms with Crippen LogP contribution in [0.3, 0.4) is 0 Å². The lowest BCUT2D eigenvalue weighted by Crippen LogP contribution is -2.44. The minimum atomic E-state index is -1.15. The van der Waals surface area contributed by atoms with Crippen molar-refractivity contribution in [2.24, 2.45) is 0 Å². The number of hydrogen-bond donors (Lipinski definition) is 3. The second-order valence-electron chi connectivity index (χ2n) is 10.4. The normalized spacial score (nSPS) is 25.3. The van der Waals surface area contributed by atoms with Crippen LogP contribution in [0.1, 0.15) is 49.6 Å². The van der Waals surface area contributed by atoms with Crippen LogP contribution < -0.4 is 10.6 Å². The summed E-state index contributed by atoms with van der Waals surface area (Å²) in [5, 5.41) is 7.64. The van der Waals surface area contributed by atoms with Crippen molar-refractivity contribution in [2.75, 3.05) is 5.32 Å². The van der Waals surface area contributed by atoms with Gasteiger partial charge < -0.3 is 19.5 Å². The van der Waals surface area contributed by atoms with Gasteiger partial charge >= 0.3 is 5.97 Å². The van der Waals surface area contributed by atoms with Crippen LogP contribution in [-0.2, 0) is 19.7 Å². The van der Waals surface area contributed by atoms with E-state index in [1.54, 1.807) is 6.07 Å². The van der Waals surface area contributed by atoms with E-state index in [1.165, 1.54) is 0 Å². The molecule has 0 bridgehead atoms. The van der Waals surface area contributed by atoms with Crippen LogP contribution in [-0.4, -0.2) is 28.5 Å². The summed E-state index contributed by atoms with van der Waals surface area (Å²) in [5.41, 5.74) is 1.60. The van der Waals surface area contributed by atoms with Crippen LogP contribution in [0, 0.1) is 0 Å². The molecule has 2 aromatic carbocycles.